The molecule has 5 rings (SSSR count). The van der Waals surface area contributed by atoms with Crippen molar-refractivity contribution in [3.8, 4) is 0 Å². The topological polar surface area (TPSA) is 75.4 Å². The Morgan fingerprint density at radius 1 is 1.10 bits per heavy atom. The zero-order valence-corrected chi connectivity index (χ0v) is 17.9. The highest BCUT2D eigenvalue weighted by molar-refractivity contribution is 5.91. The van der Waals surface area contributed by atoms with Gasteiger partial charge in [-0.1, -0.05) is 49.2 Å². The number of hydrogen-bond acceptors (Lipinski definition) is 4. The molecule has 1 saturated carbocycles. The molecule has 2 aromatic heterocycles. The fourth-order valence-corrected chi connectivity index (χ4v) is 4.66. The Morgan fingerprint density at radius 3 is 2.68 bits per heavy atom. The van der Waals surface area contributed by atoms with Crippen LogP contribution in [-0.2, 0) is 6.54 Å². The molecule has 0 atom stereocenters. The number of hydrogen-bond donors (Lipinski definition) is 1. The number of carbonyl (C=O) groups excluding carboxylic acids is 1. The third kappa shape index (κ3) is 3.60. The number of aryl methyl sites for hydroxylation is 2. The molecule has 0 unspecified atom stereocenters. The molecule has 0 aliphatic heterocycles. The molecule has 0 bridgehead atoms. The summed E-state index contributed by atoms with van der Waals surface area (Å²) in [6.07, 6.45) is 4.35. The van der Waals surface area contributed by atoms with Gasteiger partial charge in [0.05, 0.1) is 12.1 Å². The van der Waals surface area contributed by atoms with Crippen LogP contribution >= 0.6 is 0 Å². The number of rotatable bonds is 4. The van der Waals surface area contributed by atoms with Gasteiger partial charge in [0.1, 0.15) is 0 Å². The van der Waals surface area contributed by atoms with Gasteiger partial charge < -0.3 is 10.2 Å². The predicted molar refractivity (Wildman–Crippen MR) is 121 cm³/mol. The molecule has 2 aromatic carbocycles. The number of urea groups is 1. The van der Waals surface area contributed by atoms with Gasteiger partial charge in [-0.2, -0.15) is 4.52 Å². The lowest BCUT2D eigenvalue weighted by Gasteiger charge is -2.29. The number of benzene rings is 2. The normalized spacial score (nSPS) is 14.4. The lowest BCUT2D eigenvalue weighted by atomic mass is 10.1. The molecule has 0 radical (unpaired) electrons. The number of anilines is 1. The van der Waals surface area contributed by atoms with E-state index in [0.717, 1.165) is 59.0 Å². The Bertz CT molecular complexity index is 1260. The highest BCUT2D eigenvalue weighted by Gasteiger charge is 2.28. The smallest absolute Gasteiger partial charge is 0.317 e. The summed E-state index contributed by atoms with van der Waals surface area (Å²) >= 11 is 0. The van der Waals surface area contributed by atoms with Gasteiger partial charge in [-0.25, -0.2) is 4.79 Å². The highest BCUT2D eigenvalue weighted by atomic mass is 16.2. The summed E-state index contributed by atoms with van der Waals surface area (Å²) in [4.78, 5) is 15.4. The first-order valence-electron chi connectivity index (χ1n) is 10.8. The van der Waals surface area contributed by atoms with Gasteiger partial charge in [0.15, 0.2) is 5.65 Å². The molecule has 4 aromatic rings. The van der Waals surface area contributed by atoms with E-state index in [4.69, 9.17) is 0 Å². The first-order valence-corrected chi connectivity index (χ1v) is 10.8. The molecule has 7 nitrogen and oxygen atoms in total. The molecule has 2 heterocycles. The van der Waals surface area contributed by atoms with E-state index in [-0.39, 0.29) is 12.1 Å². The fourth-order valence-electron chi connectivity index (χ4n) is 4.66. The van der Waals surface area contributed by atoms with Crippen molar-refractivity contribution in [3.63, 3.8) is 0 Å². The van der Waals surface area contributed by atoms with Gasteiger partial charge in [0, 0.05) is 22.7 Å². The molecule has 1 aliphatic rings. The van der Waals surface area contributed by atoms with E-state index < -0.39 is 0 Å². The minimum Gasteiger partial charge on any atom is -0.317 e. The summed E-state index contributed by atoms with van der Waals surface area (Å²) < 4.78 is 1.80. The van der Waals surface area contributed by atoms with Crippen LogP contribution in [0, 0.1) is 13.8 Å². The van der Waals surface area contributed by atoms with Gasteiger partial charge >= 0.3 is 6.03 Å². The van der Waals surface area contributed by atoms with E-state index in [0.29, 0.717) is 12.2 Å². The first-order chi connectivity index (χ1) is 15.1. The van der Waals surface area contributed by atoms with Gasteiger partial charge in [-0.15, -0.1) is 5.10 Å². The molecular weight excluding hydrogens is 388 g/mol. The molecule has 0 spiro atoms. The van der Waals surface area contributed by atoms with Crippen LogP contribution in [-0.4, -0.2) is 37.0 Å². The van der Waals surface area contributed by atoms with Gasteiger partial charge in [-0.3, -0.25) is 0 Å². The molecule has 2 amide bonds. The van der Waals surface area contributed by atoms with Crippen molar-refractivity contribution in [2.75, 3.05) is 5.32 Å². The third-order valence-corrected chi connectivity index (χ3v) is 6.32. The summed E-state index contributed by atoms with van der Waals surface area (Å²) in [6.45, 7) is 4.53. The number of tetrazole rings is 1. The molecular formula is C24H26N6O. The van der Waals surface area contributed by atoms with Crippen LogP contribution in [0.25, 0.3) is 16.6 Å². The number of nitrogens with one attached hydrogen (secondary N) is 1. The number of pyridine rings is 1. The van der Waals surface area contributed by atoms with E-state index >= 15 is 0 Å². The van der Waals surface area contributed by atoms with Crippen molar-refractivity contribution in [2.24, 2.45) is 0 Å². The van der Waals surface area contributed by atoms with Crippen molar-refractivity contribution >= 4 is 28.3 Å². The third-order valence-electron chi connectivity index (χ3n) is 6.32. The second-order valence-corrected chi connectivity index (χ2v) is 8.41. The zero-order valence-electron chi connectivity index (χ0n) is 17.9. The predicted octanol–water partition coefficient (Wildman–Crippen LogP) is 4.87. The van der Waals surface area contributed by atoms with Crippen LogP contribution in [0.5, 0.6) is 0 Å². The minimum atomic E-state index is -0.0730. The van der Waals surface area contributed by atoms with Crippen molar-refractivity contribution in [3.05, 3.63) is 65.2 Å². The van der Waals surface area contributed by atoms with Crippen LogP contribution < -0.4 is 5.32 Å². The monoisotopic (exact) mass is 414 g/mol. The number of para-hydroxylation sites is 2. The second kappa shape index (κ2) is 7.98. The van der Waals surface area contributed by atoms with Crippen LogP contribution in [0.3, 0.4) is 0 Å². The number of aromatic nitrogens is 4. The Labute approximate surface area is 181 Å². The largest absolute Gasteiger partial charge is 0.322 e. The van der Waals surface area contributed by atoms with E-state index in [1.165, 1.54) is 0 Å². The first kappa shape index (κ1) is 19.5. The van der Waals surface area contributed by atoms with Crippen LogP contribution in [0.15, 0.2) is 48.5 Å². The summed E-state index contributed by atoms with van der Waals surface area (Å²) in [5, 5.41) is 16.6. The average molecular weight is 415 g/mol. The second-order valence-electron chi connectivity index (χ2n) is 8.41. The molecule has 31 heavy (non-hydrogen) atoms. The summed E-state index contributed by atoms with van der Waals surface area (Å²) in [6, 6.07) is 16.3. The summed E-state index contributed by atoms with van der Waals surface area (Å²) in [5.74, 6) is 0. The lowest BCUT2D eigenvalue weighted by Crippen LogP contribution is -2.41. The van der Waals surface area contributed by atoms with Crippen molar-refractivity contribution in [1.82, 2.24) is 24.9 Å². The number of amides is 2. The minimum absolute atomic E-state index is 0.0730. The van der Waals surface area contributed by atoms with Gasteiger partial charge in [0.2, 0.25) is 0 Å². The van der Waals surface area contributed by atoms with Gasteiger partial charge in [-0.05, 0) is 60.4 Å². The zero-order chi connectivity index (χ0) is 21.4. The Hall–Kier alpha value is -3.48. The highest BCUT2D eigenvalue weighted by Crippen LogP contribution is 2.29. The molecule has 7 heteroatoms. The molecule has 1 aliphatic carbocycles. The quantitative estimate of drug-likeness (QED) is 0.517. The van der Waals surface area contributed by atoms with Crippen molar-refractivity contribution in [2.45, 2.75) is 52.1 Å². The molecule has 1 fully saturated rings. The van der Waals surface area contributed by atoms with E-state index in [1.54, 1.807) is 4.52 Å². The van der Waals surface area contributed by atoms with Crippen molar-refractivity contribution in [1.29, 1.82) is 0 Å². The number of fused-ring (bicyclic) bond motifs is 3. The fraction of sp³-hybridized carbons (Fsp3) is 0.333. The Kier molecular flexibility index (Phi) is 5.02. The van der Waals surface area contributed by atoms with Crippen LogP contribution in [0.1, 0.15) is 42.4 Å². The maximum atomic E-state index is 13.4. The standard InChI is InChI=1S/C24H26N6O/c1-16-8-3-6-13-21(16)25-24(31)29(20-11-4-5-12-20)15-19-14-18-10-7-9-17(2)22(18)30-23(19)26-27-28-30/h3,6-10,13-14,20H,4-5,11-12,15H2,1-2H3,(H,25,31). The summed E-state index contributed by atoms with van der Waals surface area (Å²) in [5.41, 5.74) is 5.67. The maximum absolute atomic E-state index is 13.4. The molecule has 0 saturated heterocycles. The van der Waals surface area contributed by atoms with E-state index in [1.807, 2.05) is 42.2 Å². The number of carbonyl (C=O) groups is 1. The van der Waals surface area contributed by atoms with Crippen molar-refractivity contribution < 1.29 is 4.79 Å². The number of nitrogens with zero attached hydrogens (tertiary/aromatic N) is 5. The maximum Gasteiger partial charge on any atom is 0.322 e. The van der Waals surface area contributed by atoms with Crippen LogP contribution in [0.4, 0.5) is 10.5 Å². The molecule has 158 valence electrons. The Balaban J connectivity index is 1.53. The SMILES string of the molecule is Cc1ccccc1NC(=O)N(Cc1cc2cccc(C)c2n2nnnc12)C1CCCC1. The van der Waals surface area contributed by atoms with Crippen LogP contribution in [0.2, 0.25) is 0 Å². The van der Waals surface area contributed by atoms with E-state index in [9.17, 15) is 4.79 Å². The lowest BCUT2D eigenvalue weighted by molar-refractivity contribution is 0.185. The molecule has 1 N–H and O–H groups in total. The summed E-state index contributed by atoms with van der Waals surface area (Å²) in [7, 11) is 0. The average Bonchev–Trinajstić information content (AvgIpc) is 3.46. The van der Waals surface area contributed by atoms with Gasteiger partial charge in [0.25, 0.3) is 0 Å². The Morgan fingerprint density at radius 2 is 1.87 bits per heavy atom. The van der Waals surface area contributed by atoms with E-state index in [2.05, 4.69) is 46.0 Å².